The van der Waals surface area contributed by atoms with E-state index in [9.17, 15) is 13.2 Å². The second-order valence-corrected chi connectivity index (χ2v) is 8.04. The fourth-order valence-corrected chi connectivity index (χ4v) is 3.97. The van der Waals surface area contributed by atoms with Crippen LogP contribution >= 0.6 is 15.9 Å². The van der Waals surface area contributed by atoms with Crippen molar-refractivity contribution in [2.45, 2.75) is 18.7 Å². The van der Waals surface area contributed by atoms with Crippen molar-refractivity contribution in [3.05, 3.63) is 58.6 Å². The first-order valence-corrected chi connectivity index (χ1v) is 9.69. The zero-order valence-corrected chi connectivity index (χ0v) is 15.9. The number of halogens is 1. The predicted octanol–water partition coefficient (Wildman–Crippen LogP) is 3.09. The van der Waals surface area contributed by atoms with Crippen molar-refractivity contribution in [1.82, 2.24) is 5.32 Å². The molecule has 1 amide bonds. The highest BCUT2D eigenvalue weighted by molar-refractivity contribution is 9.10. The molecule has 7 heteroatoms. The average molecular weight is 411 g/mol. The zero-order chi connectivity index (χ0) is 17.7. The second-order valence-electron chi connectivity index (χ2n) is 5.26. The maximum absolute atomic E-state index is 13.0. The summed E-state index contributed by atoms with van der Waals surface area (Å²) in [5.41, 5.74) is 1.39. The molecule has 0 aliphatic carbocycles. The lowest BCUT2D eigenvalue weighted by Crippen LogP contribution is -2.40. The highest BCUT2D eigenvalue weighted by Crippen LogP contribution is 2.26. The molecule has 128 valence electrons. The molecule has 0 fully saturated rings. The van der Waals surface area contributed by atoms with Crippen LogP contribution in [0.4, 0.5) is 5.69 Å². The average Bonchev–Trinajstić information content (AvgIpc) is 2.53. The van der Waals surface area contributed by atoms with Crippen molar-refractivity contribution in [2.75, 3.05) is 17.4 Å². The minimum Gasteiger partial charge on any atom is -0.355 e. The van der Waals surface area contributed by atoms with E-state index in [0.717, 1.165) is 14.3 Å². The monoisotopic (exact) mass is 410 g/mol. The number of carbonyl (C=O) groups is 1. The van der Waals surface area contributed by atoms with Gasteiger partial charge in [-0.05, 0) is 44.2 Å². The Bertz CT molecular complexity index is 820. The van der Waals surface area contributed by atoms with E-state index in [1.54, 1.807) is 55.5 Å². The van der Waals surface area contributed by atoms with Crippen LogP contribution in [0.3, 0.4) is 0 Å². The first-order valence-electron chi connectivity index (χ1n) is 7.46. The van der Waals surface area contributed by atoms with E-state index < -0.39 is 10.0 Å². The van der Waals surface area contributed by atoms with Crippen molar-refractivity contribution < 1.29 is 13.2 Å². The van der Waals surface area contributed by atoms with Crippen LogP contribution in [0.5, 0.6) is 0 Å². The van der Waals surface area contributed by atoms with Crippen LogP contribution in [0.2, 0.25) is 0 Å². The number of anilines is 1. The van der Waals surface area contributed by atoms with E-state index in [0.29, 0.717) is 12.2 Å². The van der Waals surface area contributed by atoms with Gasteiger partial charge in [0, 0.05) is 11.0 Å². The lowest BCUT2D eigenvalue weighted by molar-refractivity contribution is -0.119. The van der Waals surface area contributed by atoms with Gasteiger partial charge in [-0.2, -0.15) is 0 Å². The summed E-state index contributed by atoms with van der Waals surface area (Å²) < 4.78 is 27.9. The van der Waals surface area contributed by atoms with Gasteiger partial charge in [-0.3, -0.25) is 9.10 Å². The number of hydrogen-bond donors (Lipinski definition) is 1. The smallest absolute Gasteiger partial charge is 0.264 e. The Kier molecular flexibility index (Phi) is 6.01. The van der Waals surface area contributed by atoms with Gasteiger partial charge < -0.3 is 5.32 Å². The summed E-state index contributed by atoms with van der Waals surface area (Å²) >= 11 is 3.34. The fraction of sp³-hybridized carbons (Fsp3) is 0.235. The maximum Gasteiger partial charge on any atom is 0.264 e. The van der Waals surface area contributed by atoms with Gasteiger partial charge in [0.2, 0.25) is 5.91 Å². The Balaban J connectivity index is 2.48. The molecule has 1 N–H and O–H groups in total. The predicted molar refractivity (Wildman–Crippen MR) is 98.5 cm³/mol. The summed E-state index contributed by atoms with van der Waals surface area (Å²) in [5, 5.41) is 2.64. The Morgan fingerprint density at radius 3 is 2.42 bits per heavy atom. The van der Waals surface area contributed by atoms with Crippen molar-refractivity contribution >= 4 is 37.5 Å². The van der Waals surface area contributed by atoms with Gasteiger partial charge >= 0.3 is 0 Å². The number of nitrogens with zero attached hydrogens (tertiary/aromatic N) is 1. The number of sulfonamides is 1. The first-order chi connectivity index (χ1) is 11.3. The molecule has 2 aromatic rings. The third-order valence-electron chi connectivity index (χ3n) is 3.37. The fourth-order valence-electron chi connectivity index (χ4n) is 2.17. The molecule has 24 heavy (non-hydrogen) atoms. The van der Waals surface area contributed by atoms with Gasteiger partial charge in [0.1, 0.15) is 6.54 Å². The third kappa shape index (κ3) is 4.36. The van der Waals surface area contributed by atoms with Crippen molar-refractivity contribution in [3.63, 3.8) is 0 Å². The molecule has 0 spiro atoms. The number of likely N-dealkylation sites (N-methyl/N-ethyl adjacent to an activating group) is 1. The molecular formula is C17H19BrN2O3S. The van der Waals surface area contributed by atoms with E-state index in [2.05, 4.69) is 21.2 Å². The molecule has 2 rings (SSSR count). The summed E-state index contributed by atoms with van der Waals surface area (Å²) in [5.74, 6) is -0.354. The van der Waals surface area contributed by atoms with Gasteiger partial charge in [0.15, 0.2) is 0 Å². The summed E-state index contributed by atoms with van der Waals surface area (Å²) in [6, 6.07) is 13.4. The first kappa shape index (κ1) is 18.5. The number of rotatable bonds is 6. The van der Waals surface area contributed by atoms with Gasteiger partial charge in [0.25, 0.3) is 10.0 Å². The molecule has 0 bridgehead atoms. The van der Waals surface area contributed by atoms with Gasteiger partial charge in [-0.15, -0.1) is 0 Å². The topological polar surface area (TPSA) is 66.5 Å². The molecule has 0 saturated carbocycles. The molecule has 0 heterocycles. The van der Waals surface area contributed by atoms with Crippen LogP contribution in [0, 0.1) is 6.92 Å². The van der Waals surface area contributed by atoms with Crippen LogP contribution in [0.25, 0.3) is 0 Å². The molecule has 0 aliphatic rings. The summed E-state index contributed by atoms with van der Waals surface area (Å²) in [4.78, 5) is 12.2. The van der Waals surface area contributed by atoms with Crippen molar-refractivity contribution in [2.24, 2.45) is 0 Å². The number of hydrogen-bond acceptors (Lipinski definition) is 3. The zero-order valence-electron chi connectivity index (χ0n) is 13.5. The Labute approximate surface area is 150 Å². The number of aryl methyl sites for hydroxylation is 1. The van der Waals surface area contributed by atoms with Crippen LogP contribution in [-0.2, 0) is 14.8 Å². The van der Waals surface area contributed by atoms with Crippen LogP contribution in [0.1, 0.15) is 12.5 Å². The molecule has 0 unspecified atom stereocenters. The lowest BCUT2D eigenvalue weighted by atomic mass is 10.2. The largest absolute Gasteiger partial charge is 0.355 e. The van der Waals surface area contributed by atoms with E-state index in [1.807, 2.05) is 6.92 Å². The van der Waals surface area contributed by atoms with Crippen molar-refractivity contribution in [3.8, 4) is 0 Å². The molecular weight excluding hydrogens is 392 g/mol. The third-order valence-corrected chi connectivity index (χ3v) is 5.65. The molecule has 0 aromatic heterocycles. The Morgan fingerprint density at radius 1 is 1.17 bits per heavy atom. The Hall–Kier alpha value is -1.86. The molecule has 5 nitrogen and oxygen atoms in total. The highest BCUT2D eigenvalue weighted by atomic mass is 79.9. The SMILES string of the molecule is CCNC(=O)CN(c1cccc(Br)c1)S(=O)(=O)c1ccc(C)cc1. The van der Waals surface area contributed by atoms with Gasteiger partial charge in [0.05, 0.1) is 10.6 Å². The van der Waals surface area contributed by atoms with E-state index in [4.69, 9.17) is 0 Å². The number of amides is 1. The maximum atomic E-state index is 13.0. The highest BCUT2D eigenvalue weighted by Gasteiger charge is 2.27. The van der Waals surface area contributed by atoms with Crippen LogP contribution < -0.4 is 9.62 Å². The summed E-state index contributed by atoms with van der Waals surface area (Å²) in [6.45, 7) is 3.84. The minimum atomic E-state index is -3.85. The number of carbonyl (C=O) groups excluding carboxylic acids is 1. The lowest BCUT2D eigenvalue weighted by Gasteiger charge is -2.24. The minimum absolute atomic E-state index is 0.150. The summed E-state index contributed by atoms with van der Waals surface area (Å²) in [7, 11) is -3.85. The van der Waals surface area contributed by atoms with E-state index in [-0.39, 0.29) is 17.3 Å². The van der Waals surface area contributed by atoms with E-state index in [1.165, 1.54) is 0 Å². The second kappa shape index (κ2) is 7.81. The summed E-state index contributed by atoms with van der Waals surface area (Å²) in [6.07, 6.45) is 0. The van der Waals surface area contributed by atoms with Crippen LogP contribution in [-0.4, -0.2) is 27.4 Å². The van der Waals surface area contributed by atoms with Gasteiger partial charge in [-0.1, -0.05) is 39.7 Å². The standard InChI is InChI=1S/C17H19BrN2O3S/c1-3-19-17(21)12-20(15-6-4-5-14(18)11-15)24(22,23)16-9-7-13(2)8-10-16/h4-11H,3,12H2,1-2H3,(H,19,21). The molecule has 0 aliphatic heterocycles. The molecule has 0 radical (unpaired) electrons. The van der Waals surface area contributed by atoms with Crippen LogP contribution in [0.15, 0.2) is 57.9 Å². The van der Waals surface area contributed by atoms with Gasteiger partial charge in [-0.25, -0.2) is 8.42 Å². The quantitative estimate of drug-likeness (QED) is 0.795. The molecule has 0 atom stereocenters. The normalized spacial score (nSPS) is 11.1. The number of benzene rings is 2. The Morgan fingerprint density at radius 2 is 1.83 bits per heavy atom. The van der Waals surface area contributed by atoms with Crippen molar-refractivity contribution in [1.29, 1.82) is 0 Å². The van der Waals surface area contributed by atoms with E-state index >= 15 is 0 Å². The molecule has 2 aromatic carbocycles. The number of nitrogens with one attached hydrogen (secondary N) is 1. The molecule has 0 saturated heterocycles.